The highest BCUT2D eigenvalue weighted by atomic mass is 35.5. The minimum absolute atomic E-state index is 0.0737. The molecule has 1 atom stereocenters. The summed E-state index contributed by atoms with van der Waals surface area (Å²) in [5.74, 6) is 1.08. The number of Topliss-reactive ketones (excluding diaryl/α,β-unsaturated/α-hetero) is 1. The van der Waals surface area contributed by atoms with Crippen LogP contribution in [0.15, 0.2) is 28.1 Å². The van der Waals surface area contributed by atoms with E-state index in [4.69, 9.17) is 21.2 Å². The normalized spacial score (nSPS) is 24.0. The Kier molecular flexibility index (Phi) is 7.62. The number of hydrogen-bond donors (Lipinski definition) is 1. The Hall–Kier alpha value is -1.33. The molecule has 0 aromatic heterocycles. The fourth-order valence-electron chi connectivity index (χ4n) is 3.21. The van der Waals surface area contributed by atoms with Crippen LogP contribution in [0.3, 0.4) is 0 Å². The molecule has 1 heterocycles. The predicted molar refractivity (Wildman–Crippen MR) is 89.6 cm³/mol. The first-order chi connectivity index (χ1) is 11.2. The second-order valence-corrected chi connectivity index (χ2v) is 6.20. The van der Waals surface area contributed by atoms with Gasteiger partial charge in [0, 0.05) is 43.4 Å². The number of oxime groups is 1. The lowest BCUT2D eigenvalue weighted by Gasteiger charge is -2.32. The molecule has 0 aromatic carbocycles. The molecule has 2 rings (SSSR count). The molecule has 23 heavy (non-hydrogen) atoms. The molecule has 1 saturated heterocycles. The second kappa shape index (κ2) is 9.73. The maximum atomic E-state index is 12.3. The molecule has 1 fully saturated rings. The number of hydrogen-bond acceptors (Lipinski definition) is 5. The summed E-state index contributed by atoms with van der Waals surface area (Å²) in [6, 6.07) is 0. The predicted octanol–water partition coefficient (Wildman–Crippen LogP) is 3.74. The van der Waals surface area contributed by atoms with E-state index in [1.165, 1.54) is 5.54 Å². The molecule has 1 aliphatic carbocycles. The number of nitrogens with zero attached hydrogens (tertiary/aromatic N) is 1. The topological polar surface area (TPSA) is 68.1 Å². The number of ketones is 1. The Morgan fingerprint density at radius 2 is 2.09 bits per heavy atom. The van der Waals surface area contributed by atoms with E-state index in [1.807, 2.05) is 0 Å². The zero-order valence-corrected chi connectivity index (χ0v) is 14.0. The fraction of sp³-hybridized carbons (Fsp3) is 0.647. The minimum Gasteiger partial charge on any atom is -0.512 e. The van der Waals surface area contributed by atoms with Gasteiger partial charge in [0.15, 0.2) is 5.78 Å². The first-order valence-corrected chi connectivity index (χ1v) is 8.57. The van der Waals surface area contributed by atoms with Crippen LogP contribution < -0.4 is 0 Å². The van der Waals surface area contributed by atoms with Crippen molar-refractivity contribution in [2.45, 2.75) is 38.5 Å². The number of rotatable bonds is 7. The highest BCUT2D eigenvalue weighted by molar-refractivity contribution is 6.25. The zero-order valence-electron chi connectivity index (χ0n) is 13.2. The zero-order chi connectivity index (χ0) is 16.5. The second-order valence-electron chi connectivity index (χ2n) is 5.95. The average Bonchev–Trinajstić information content (AvgIpc) is 2.56. The van der Waals surface area contributed by atoms with Crippen LogP contribution >= 0.6 is 11.6 Å². The smallest absolute Gasteiger partial charge is 0.162 e. The Morgan fingerprint density at radius 1 is 1.30 bits per heavy atom. The molecule has 128 valence electrons. The minimum atomic E-state index is 0.0737. The molecule has 1 N–H and O–H groups in total. The van der Waals surface area contributed by atoms with Crippen molar-refractivity contribution in [3.05, 3.63) is 22.9 Å². The maximum Gasteiger partial charge on any atom is 0.162 e. The lowest BCUT2D eigenvalue weighted by atomic mass is 9.75. The van der Waals surface area contributed by atoms with Gasteiger partial charge in [-0.05, 0) is 43.6 Å². The standard InChI is InChI=1S/C17H24ClNO4/c18-6-2-8-23-19-7-1-3-15-16(20)11-14(12-17(15)21)13-4-9-22-10-5-13/h2,6-7,13-14,20H,1,3-5,8-12H2. The number of halogens is 1. The summed E-state index contributed by atoms with van der Waals surface area (Å²) < 4.78 is 5.37. The number of carbonyl (C=O) groups is 1. The van der Waals surface area contributed by atoms with Crippen LogP contribution in [0.4, 0.5) is 0 Å². The van der Waals surface area contributed by atoms with Crippen molar-refractivity contribution in [2.75, 3.05) is 19.8 Å². The van der Waals surface area contributed by atoms with Crippen LogP contribution in [0.25, 0.3) is 0 Å². The number of carbonyl (C=O) groups excluding carboxylic acids is 1. The SMILES string of the molecule is O=C1CC(C2CCOCC2)CC(O)=C1CCC=NOCC=CCl. The van der Waals surface area contributed by atoms with Gasteiger partial charge >= 0.3 is 0 Å². The molecule has 1 aliphatic heterocycles. The highest BCUT2D eigenvalue weighted by Crippen LogP contribution is 2.36. The van der Waals surface area contributed by atoms with Gasteiger partial charge in [-0.3, -0.25) is 4.79 Å². The first-order valence-electron chi connectivity index (χ1n) is 8.13. The van der Waals surface area contributed by atoms with Gasteiger partial charge in [-0.15, -0.1) is 0 Å². The molecule has 6 heteroatoms. The Bertz CT molecular complexity index is 481. The Morgan fingerprint density at radius 3 is 2.78 bits per heavy atom. The molecule has 0 bridgehead atoms. The van der Waals surface area contributed by atoms with Gasteiger partial charge in [0.25, 0.3) is 0 Å². The van der Waals surface area contributed by atoms with Gasteiger partial charge in [0.05, 0.1) is 5.76 Å². The summed E-state index contributed by atoms with van der Waals surface area (Å²) >= 11 is 5.35. The van der Waals surface area contributed by atoms with Crippen molar-refractivity contribution in [1.82, 2.24) is 0 Å². The van der Waals surface area contributed by atoms with E-state index in [9.17, 15) is 9.90 Å². The molecule has 2 aliphatic rings. The van der Waals surface area contributed by atoms with E-state index >= 15 is 0 Å². The number of aliphatic hydroxyl groups is 1. The van der Waals surface area contributed by atoms with E-state index in [0.717, 1.165) is 26.1 Å². The third-order valence-corrected chi connectivity index (χ3v) is 4.63. The Balaban J connectivity index is 1.81. The third kappa shape index (κ3) is 5.66. The largest absolute Gasteiger partial charge is 0.512 e. The van der Waals surface area contributed by atoms with Gasteiger partial charge in [-0.1, -0.05) is 16.8 Å². The number of aliphatic hydroxyl groups excluding tert-OH is 1. The summed E-state index contributed by atoms with van der Waals surface area (Å²) in [5, 5.41) is 14.0. The van der Waals surface area contributed by atoms with Crippen LogP contribution in [-0.2, 0) is 14.4 Å². The highest BCUT2D eigenvalue weighted by Gasteiger charge is 2.32. The Labute approximate surface area is 142 Å². The molecule has 0 amide bonds. The lowest BCUT2D eigenvalue weighted by Crippen LogP contribution is -2.29. The summed E-state index contributed by atoms with van der Waals surface area (Å²) in [6.45, 7) is 1.85. The molecular weight excluding hydrogens is 318 g/mol. The molecular formula is C17H24ClNO4. The van der Waals surface area contributed by atoms with Crippen LogP contribution in [0.5, 0.6) is 0 Å². The van der Waals surface area contributed by atoms with E-state index in [2.05, 4.69) is 5.16 Å². The quantitative estimate of drug-likeness (QED) is 0.435. The van der Waals surface area contributed by atoms with Gasteiger partial charge in [0.1, 0.15) is 6.61 Å². The summed E-state index contributed by atoms with van der Waals surface area (Å²) in [5.41, 5.74) is 1.92. The van der Waals surface area contributed by atoms with Crippen LogP contribution in [0, 0.1) is 11.8 Å². The van der Waals surface area contributed by atoms with Crippen LogP contribution in [0.2, 0.25) is 0 Å². The monoisotopic (exact) mass is 341 g/mol. The summed E-state index contributed by atoms with van der Waals surface area (Å²) in [4.78, 5) is 17.3. The van der Waals surface area contributed by atoms with Crippen molar-refractivity contribution >= 4 is 23.6 Å². The summed E-state index contributed by atoms with van der Waals surface area (Å²) in [7, 11) is 0. The van der Waals surface area contributed by atoms with Crippen molar-refractivity contribution in [3.63, 3.8) is 0 Å². The van der Waals surface area contributed by atoms with Crippen molar-refractivity contribution in [1.29, 1.82) is 0 Å². The fourth-order valence-corrected chi connectivity index (χ4v) is 3.28. The average molecular weight is 342 g/mol. The number of ether oxygens (including phenoxy) is 1. The molecule has 1 unspecified atom stereocenters. The van der Waals surface area contributed by atoms with E-state index < -0.39 is 0 Å². The molecule has 0 saturated carbocycles. The van der Waals surface area contributed by atoms with Crippen molar-refractivity contribution in [3.8, 4) is 0 Å². The van der Waals surface area contributed by atoms with Gasteiger partial charge < -0.3 is 14.7 Å². The van der Waals surface area contributed by atoms with Crippen molar-refractivity contribution < 1.29 is 19.5 Å². The van der Waals surface area contributed by atoms with Gasteiger partial charge in [-0.2, -0.15) is 0 Å². The van der Waals surface area contributed by atoms with E-state index in [-0.39, 0.29) is 17.5 Å². The first kappa shape index (κ1) is 18.0. The lowest BCUT2D eigenvalue weighted by molar-refractivity contribution is -0.118. The third-order valence-electron chi connectivity index (χ3n) is 4.45. The van der Waals surface area contributed by atoms with Crippen LogP contribution in [-0.4, -0.2) is 36.9 Å². The van der Waals surface area contributed by atoms with E-state index in [0.29, 0.717) is 43.8 Å². The van der Waals surface area contributed by atoms with Gasteiger partial charge in [0.2, 0.25) is 0 Å². The molecule has 0 aromatic rings. The molecule has 5 nitrogen and oxygen atoms in total. The van der Waals surface area contributed by atoms with Crippen molar-refractivity contribution in [2.24, 2.45) is 17.0 Å². The molecule has 0 spiro atoms. The summed E-state index contributed by atoms with van der Waals surface area (Å²) in [6.07, 6.45) is 7.44. The van der Waals surface area contributed by atoms with Crippen LogP contribution in [0.1, 0.15) is 38.5 Å². The van der Waals surface area contributed by atoms with E-state index in [1.54, 1.807) is 12.3 Å². The molecule has 0 radical (unpaired) electrons. The maximum absolute atomic E-state index is 12.3. The number of allylic oxidation sites excluding steroid dienone is 2. The van der Waals surface area contributed by atoms with Gasteiger partial charge in [-0.25, -0.2) is 0 Å².